The van der Waals surface area contributed by atoms with E-state index in [2.05, 4.69) is 19.9 Å². The van der Waals surface area contributed by atoms with E-state index < -0.39 is 0 Å². The van der Waals surface area contributed by atoms with Crippen LogP contribution in [0.15, 0.2) is 41.6 Å². The van der Waals surface area contributed by atoms with E-state index in [4.69, 9.17) is 0 Å². The highest BCUT2D eigenvalue weighted by atomic mass is 16.1. The van der Waals surface area contributed by atoms with Gasteiger partial charge in [0.15, 0.2) is 11.2 Å². The SMILES string of the molecule is Cc1ccc(-c2cn3c(=O)c4[nH]cnc4nc3[nH]2)cc1. The molecule has 6 heteroatoms. The fourth-order valence-corrected chi connectivity index (χ4v) is 2.27. The number of benzene rings is 1. The standard InChI is InChI=1S/C14H11N5O/c1-8-2-4-9(5-3-8)10-6-19-13(20)11-12(16-7-15-11)18-14(19)17-10/h2-7H,1H3,(H,15,16)(H,17,18). The molecule has 0 saturated heterocycles. The van der Waals surface area contributed by atoms with E-state index in [1.165, 1.54) is 16.3 Å². The number of hydrogen-bond donors (Lipinski definition) is 2. The van der Waals surface area contributed by atoms with Gasteiger partial charge >= 0.3 is 0 Å². The highest BCUT2D eigenvalue weighted by molar-refractivity contribution is 5.72. The highest BCUT2D eigenvalue weighted by Gasteiger charge is 2.10. The Kier molecular flexibility index (Phi) is 2.09. The molecule has 4 aromatic rings. The minimum Gasteiger partial charge on any atom is -0.339 e. The monoisotopic (exact) mass is 265 g/mol. The lowest BCUT2D eigenvalue weighted by Crippen LogP contribution is -2.13. The lowest BCUT2D eigenvalue weighted by Gasteiger charge is -1.96. The van der Waals surface area contributed by atoms with Crippen LogP contribution in [0.5, 0.6) is 0 Å². The summed E-state index contributed by atoms with van der Waals surface area (Å²) in [4.78, 5) is 26.6. The number of imidazole rings is 2. The van der Waals surface area contributed by atoms with Crippen LogP contribution in [0.3, 0.4) is 0 Å². The first-order chi connectivity index (χ1) is 9.72. The van der Waals surface area contributed by atoms with E-state index in [-0.39, 0.29) is 5.56 Å². The molecule has 0 unspecified atom stereocenters. The van der Waals surface area contributed by atoms with Gasteiger partial charge in [-0.25, -0.2) is 9.38 Å². The van der Waals surface area contributed by atoms with Crippen LogP contribution < -0.4 is 5.56 Å². The van der Waals surface area contributed by atoms with Crippen molar-refractivity contribution in [3.63, 3.8) is 0 Å². The molecule has 0 fully saturated rings. The van der Waals surface area contributed by atoms with Crippen LogP contribution in [0.1, 0.15) is 5.56 Å². The summed E-state index contributed by atoms with van der Waals surface area (Å²) in [6, 6.07) is 8.08. The maximum atomic E-state index is 12.3. The average molecular weight is 265 g/mol. The number of rotatable bonds is 1. The Balaban J connectivity index is 2.01. The van der Waals surface area contributed by atoms with Crippen molar-refractivity contribution in [1.29, 1.82) is 0 Å². The molecule has 6 nitrogen and oxygen atoms in total. The fourth-order valence-electron chi connectivity index (χ4n) is 2.27. The fraction of sp³-hybridized carbons (Fsp3) is 0.0714. The van der Waals surface area contributed by atoms with Crippen molar-refractivity contribution < 1.29 is 0 Å². The smallest absolute Gasteiger partial charge is 0.285 e. The van der Waals surface area contributed by atoms with Gasteiger partial charge in [0.2, 0.25) is 5.78 Å². The van der Waals surface area contributed by atoms with Crippen LogP contribution >= 0.6 is 0 Å². The van der Waals surface area contributed by atoms with Gasteiger partial charge in [-0.15, -0.1) is 0 Å². The molecule has 3 aromatic heterocycles. The van der Waals surface area contributed by atoms with Gasteiger partial charge < -0.3 is 9.97 Å². The zero-order valence-electron chi connectivity index (χ0n) is 10.7. The van der Waals surface area contributed by atoms with Gasteiger partial charge in [0.05, 0.1) is 12.0 Å². The molecular formula is C14H11N5O. The summed E-state index contributed by atoms with van der Waals surface area (Å²) in [5.74, 6) is 0.491. The van der Waals surface area contributed by atoms with Gasteiger partial charge in [-0.1, -0.05) is 29.8 Å². The number of nitrogens with zero attached hydrogens (tertiary/aromatic N) is 3. The number of H-pyrrole nitrogens is 2. The second-order valence-electron chi connectivity index (χ2n) is 4.75. The Morgan fingerprint density at radius 1 is 1.20 bits per heavy atom. The molecule has 4 rings (SSSR count). The molecule has 1 aromatic carbocycles. The van der Waals surface area contributed by atoms with Crippen LogP contribution in [0.2, 0.25) is 0 Å². The first-order valence-corrected chi connectivity index (χ1v) is 6.24. The van der Waals surface area contributed by atoms with Crippen molar-refractivity contribution in [2.75, 3.05) is 0 Å². The Morgan fingerprint density at radius 2 is 2.00 bits per heavy atom. The summed E-state index contributed by atoms with van der Waals surface area (Å²) in [5, 5.41) is 0. The third-order valence-electron chi connectivity index (χ3n) is 3.36. The van der Waals surface area contributed by atoms with Crippen LogP contribution in [-0.4, -0.2) is 24.3 Å². The number of nitrogens with one attached hydrogen (secondary N) is 2. The van der Waals surface area contributed by atoms with Crippen molar-refractivity contribution in [1.82, 2.24) is 24.3 Å². The molecule has 0 bridgehead atoms. The predicted octanol–water partition coefficient (Wildman–Crippen LogP) is 1.87. The topological polar surface area (TPSA) is 78.8 Å². The van der Waals surface area contributed by atoms with Crippen LogP contribution in [-0.2, 0) is 0 Å². The predicted molar refractivity (Wildman–Crippen MR) is 75.6 cm³/mol. The quantitative estimate of drug-likeness (QED) is 0.551. The van der Waals surface area contributed by atoms with E-state index >= 15 is 0 Å². The minimum absolute atomic E-state index is 0.155. The first kappa shape index (κ1) is 11.0. The van der Waals surface area contributed by atoms with Crippen molar-refractivity contribution >= 4 is 16.9 Å². The van der Waals surface area contributed by atoms with Gasteiger partial charge in [-0.3, -0.25) is 4.79 Å². The van der Waals surface area contributed by atoms with Crippen LogP contribution in [0.25, 0.3) is 28.2 Å². The molecular weight excluding hydrogens is 254 g/mol. The number of fused-ring (bicyclic) bond motifs is 2. The summed E-state index contributed by atoms with van der Waals surface area (Å²) in [6.45, 7) is 2.04. The first-order valence-electron chi connectivity index (χ1n) is 6.24. The molecule has 0 saturated carbocycles. The van der Waals surface area contributed by atoms with Crippen molar-refractivity contribution in [3.8, 4) is 11.3 Å². The Morgan fingerprint density at radius 3 is 2.80 bits per heavy atom. The Labute approximate surface area is 113 Å². The third kappa shape index (κ3) is 1.48. The van der Waals surface area contributed by atoms with E-state index in [0.717, 1.165) is 11.3 Å². The van der Waals surface area contributed by atoms with Crippen molar-refractivity contribution in [2.45, 2.75) is 6.92 Å². The van der Waals surface area contributed by atoms with Crippen molar-refractivity contribution in [2.24, 2.45) is 0 Å². The zero-order valence-corrected chi connectivity index (χ0v) is 10.7. The Bertz CT molecular complexity index is 974. The largest absolute Gasteiger partial charge is 0.339 e. The normalized spacial score (nSPS) is 11.4. The van der Waals surface area contributed by atoms with Gasteiger partial charge in [-0.2, -0.15) is 4.98 Å². The van der Waals surface area contributed by atoms with Gasteiger partial charge in [0.25, 0.3) is 5.56 Å². The second-order valence-corrected chi connectivity index (χ2v) is 4.75. The lowest BCUT2D eigenvalue weighted by atomic mass is 10.1. The highest BCUT2D eigenvalue weighted by Crippen LogP contribution is 2.18. The zero-order chi connectivity index (χ0) is 13.7. The van der Waals surface area contributed by atoms with Crippen molar-refractivity contribution in [3.05, 3.63) is 52.7 Å². The molecule has 0 aliphatic rings. The van der Waals surface area contributed by atoms with Gasteiger partial charge in [0, 0.05) is 6.20 Å². The molecule has 0 spiro atoms. The molecule has 0 aliphatic carbocycles. The van der Waals surface area contributed by atoms with Gasteiger partial charge in [-0.05, 0) is 12.5 Å². The van der Waals surface area contributed by atoms with E-state index in [1.807, 2.05) is 31.2 Å². The van der Waals surface area contributed by atoms with Crippen LogP contribution in [0.4, 0.5) is 0 Å². The van der Waals surface area contributed by atoms with E-state index in [9.17, 15) is 4.79 Å². The molecule has 20 heavy (non-hydrogen) atoms. The molecule has 0 atom stereocenters. The maximum absolute atomic E-state index is 12.3. The minimum atomic E-state index is -0.155. The molecule has 0 aliphatic heterocycles. The molecule has 98 valence electrons. The summed E-state index contributed by atoms with van der Waals surface area (Å²) >= 11 is 0. The number of aromatic nitrogens is 5. The third-order valence-corrected chi connectivity index (χ3v) is 3.36. The molecule has 3 heterocycles. The summed E-state index contributed by atoms with van der Waals surface area (Å²) < 4.78 is 1.50. The molecule has 0 radical (unpaired) electrons. The number of aromatic amines is 2. The molecule has 0 amide bonds. The Hall–Kier alpha value is -2.89. The van der Waals surface area contributed by atoms with Gasteiger partial charge in [0.1, 0.15) is 0 Å². The summed E-state index contributed by atoms with van der Waals surface area (Å²) in [6.07, 6.45) is 3.23. The maximum Gasteiger partial charge on any atom is 0.285 e. The number of hydrogen-bond acceptors (Lipinski definition) is 3. The average Bonchev–Trinajstić information content (AvgIpc) is 3.06. The summed E-state index contributed by atoms with van der Waals surface area (Å²) in [5.41, 5.74) is 3.73. The second kappa shape index (κ2) is 3.80. The number of aryl methyl sites for hydroxylation is 1. The lowest BCUT2D eigenvalue weighted by molar-refractivity contribution is 1.08. The van der Waals surface area contributed by atoms with E-state index in [1.54, 1.807) is 6.20 Å². The van der Waals surface area contributed by atoms with E-state index in [0.29, 0.717) is 16.9 Å². The van der Waals surface area contributed by atoms with Crippen LogP contribution in [0, 0.1) is 6.92 Å². The summed E-state index contributed by atoms with van der Waals surface area (Å²) in [7, 11) is 0. The molecule has 2 N–H and O–H groups in total.